The van der Waals surface area contributed by atoms with Gasteiger partial charge in [0.25, 0.3) is 0 Å². The zero-order chi connectivity index (χ0) is 28.8. The Morgan fingerprint density at radius 3 is 2.31 bits per heavy atom. The van der Waals surface area contributed by atoms with Gasteiger partial charge in [-0.05, 0) is 56.5 Å². The van der Waals surface area contributed by atoms with Crippen LogP contribution in [0.15, 0.2) is 94.5 Å². The highest BCUT2D eigenvalue weighted by molar-refractivity contribution is 7.87. The van der Waals surface area contributed by atoms with Crippen LogP contribution in [-0.4, -0.2) is 43.2 Å². The first-order chi connectivity index (χ1) is 18.8. The quantitative estimate of drug-likeness (QED) is 0.278. The fraction of sp³-hybridized carbons (Fsp3) is 0.172. The van der Waals surface area contributed by atoms with Crippen molar-refractivity contribution in [3.63, 3.8) is 0 Å². The average Bonchev–Trinajstić information content (AvgIpc) is 3.68. The second kappa shape index (κ2) is 15.9. The molecule has 0 amide bonds. The lowest BCUT2D eigenvalue weighted by molar-refractivity contribution is 0.218. The molecule has 0 aliphatic carbocycles. The van der Waals surface area contributed by atoms with E-state index in [4.69, 9.17) is 15.5 Å². The number of rotatable bonds is 6. The van der Waals surface area contributed by atoms with E-state index in [1.165, 1.54) is 22.7 Å². The lowest BCUT2D eigenvalue weighted by Gasteiger charge is -2.08. The molecule has 0 fully saturated rings. The fourth-order valence-corrected chi connectivity index (χ4v) is 6.22. The second-order valence-electron chi connectivity index (χ2n) is 7.25. The zero-order valence-electron chi connectivity index (χ0n) is 22.0. The van der Waals surface area contributed by atoms with E-state index in [9.17, 15) is 4.21 Å². The first kappa shape index (κ1) is 31.0. The number of ether oxygens (including phenoxy) is 1. The maximum atomic E-state index is 12.7. The van der Waals surface area contributed by atoms with Crippen LogP contribution in [0.25, 0.3) is 32.2 Å². The van der Waals surface area contributed by atoms with Gasteiger partial charge in [0.1, 0.15) is 25.6 Å². The summed E-state index contributed by atoms with van der Waals surface area (Å²) in [6.07, 6.45) is 3.59. The number of aryl methyl sites for hydroxylation is 1. The van der Waals surface area contributed by atoms with Gasteiger partial charge >= 0.3 is 0 Å². The first-order valence-electron chi connectivity index (χ1n) is 11.2. The van der Waals surface area contributed by atoms with Crippen molar-refractivity contribution >= 4 is 49.4 Å². The molecule has 0 spiro atoms. The summed E-state index contributed by atoms with van der Waals surface area (Å²) in [5.74, 6) is 1.29. The Balaban J connectivity index is 0.000000412. The molecule has 4 aromatic rings. The number of thiophene rings is 1. The molecule has 198 valence electrons. The molecule has 2 N–H and O–H groups in total. The van der Waals surface area contributed by atoms with Gasteiger partial charge in [0.15, 0.2) is 0 Å². The van der Waals surface area contributed by atoms with Crippen molar-refractivity contribution in [3.8, 4) is 22.0 Å². The second-order valence-corrected chi connectivity index (χ2v) is 10.9. The molecule has 4 aromatic heterocycles. The van der Waals surface area contributed by atoms with Crippen LogP contribution in [0.4, 0.5) is 5.69 Å². The number of hydrogen-bond acceptors (Lipinski definition) is 8. The SMILES string of the molecule is C=C=C=C.C=C=C=C=C=C=C.COCCS(=O)c1sc2nc(-c3nccs3)cc(-c3cnc(C)n3C)c2c1N. The molecule has 0 aromatic carbocycles. The number of imidazole rings is 1. The Kier molecular flexibility index (Phi) is 12.7. The molecule has 0 saturated carbocycles. The summed E-state index contributed by atoms with van der Waals surface area (Å²) in [4.78, 5) is 14.3. The summed E-state index contributed by atoms with van der Waals surface area (Å²) in [6, 6.07) is 1.99. The first-order valence-corrected chi connectivity index (χ1v) is 14.2. The summed E-state index contributed by atoms with van der Waals surface area (Å²) >= 11 is 2.90. The summed E-state index contributed by atoms with van der Waals surface area (Å²) < 4.78 is 20.4. The van der Waals surface area contributed by atoms with E-state index in [1.807, 2.05) is 36.2 Å². The summed E-state index contributed by atoms with van der Waals surface area (Å²) in [6.45, 7) is 15.2. The Labute approximate surface area is 238 Å². The molecule has 0 radical (unpaired) electrons. The van der Waals surface area contributed by atoms with Crippen LogP contribution in [-0.2, 0) is 22.6 Å². The molecule has 1 unspecified atom stereocenters. The van der Waals surface area contributed by atoms with Gasteiger partial charge in [0, 0.05) is 36.7 Å². The third-order valence-corrected chi connectivity index (χ3v) is 8.59. The van der Waals surface area contributed by atoms with Crippen LogP contribution in [0.1, 0.15) is 5.82 Å². The molecule has 1 atom stereocenters. The molecule has 7 nitrogen and oxygen atoms in total. The number of nitrogen functional groups attached to an aromatic ring is 1. The average molecular weight is 574 g/mol. The predicted octanol–water partition coefficient (Wildman–Crippen LogP) is 6.16. The maximum absolute atomic E-state index is 12.7. The predicted molar refractivity (Wildman–Crippen MR) is 162 cm³/mol. The lowest BCUT2D eigenvalue weighted by Crippen LogP contribution is -2.04. The number of nitrogens with two attached hydrogens (primary N) is 1. The minimum atomic E-state index is -1.24. The highest BCUT2D eigenvalue weighted by Gasteiger charge is 2.22. The Hall–Kier alpha value is -4.20. The minimum absolute atomic E-state index is 0.396. The van der Waals surface area contributed by atoms with Crippen LogP contribution in [0.3, 0.4) is 0 Å². The number of methoxy groups -OCH3 is 1. The standard InChI is InChI=1S/C18H19N5O2S3.C7H4.C4H4/c1-10-21-9-13(23(10)2)11-8-12(16-20-4-6-26-16)22-17-14(11)15(19)18(27-17)28(24)7-5-25-3;1-3-5-7-6-4-2;1-3-4-2/h4,6,8-9H,5,7,19H2,1-3H3;1-2H2;1-2H2. The van der Waals surface area contributed by atoms with Gasteiger partial charge in [0.05, 0.1) is 40.7 Å². The number of pyridine rings is 1. The molecule has 4 rings (SSSR count). The summed E-state index contributed by atoms with van der Waals surface area (Å²) in [7, 11) is 2.32. The number of hydrogen-bond donors (Lipinski definition) is 1. The molecule has 0 aliphatic heterocycles. The third-order valence-electron chi connectivity index (χ3n) is 4.92. The Morgan fingerprint density at radius 2 is 1.79 bits per heavy atom. The molecule has 0 bridgehead atoms. The summed E-state index contributed by atoms with van der Waals surface area (Å²) in [5.41, 5.74) is 26.3. The number of nitrogens with zero attached hydrogens (tertiary/aromatic N) is 4. The third kappa shape index (κ3) is 8.14. The van der Waals surface area contributed by atoms with Crippen LogP contribution < -0.4 is 5.73 Å². The Bertz CT molecular complexity index is 1690. The van der Waals surface area contributed by atoms with Crippen molar-refractivity contribution in [2.45, 2.75) is 11.1 Å². The van der Waals surface area contributed by atoms with Crippen molar-refractivity contribution in [2.24, 2.45) is 7.05 Å². The van der Waals surface area contributed by atoms with Crippen molar-refractivity contribution < 1.29 is 8.95 Å². The molecule has 0 saturated heterocycles. The zero-order valence-corrected chi connectivity index (χ0v) is 24.4. The van der Waals surface area contributed by atoms with Gasteiger partial charge < -0.3 is 15.0 Å². The van der Waals surface area contributed by atoms with Gasteiger partial charge in [-0.3, -0.25) is 4.21 Å². The van der Waals surface area contributed by atoms with Crippen molar-refractivity contribution in [3.05, 3.63) is 96.1 Å². The Morgan fingerprint density at radius 1 is 1.10 bits per heavy atom. The van der Waals surface area contributed by atoms with Crippen molar-refractivity contribution in [1.29, 1.82) is 0 Å². The van der Waals surface area contributed by atoms with Crippen LogP contribution in [0.5, 0.6) is 0 Å². The summed E-state index contributed by atoms with van der Waals surface area (Å²) in [5, 5.41) is 3.56. The fourth-order valence-electron chi connectivity index (χ4n) is 3.05. The van der Waals surface area contributed by atoms with Gasteiger partial charge in [-0.15, -0.1) is 22.7 Å². The highest BCUT2D eigenvalue weighted by Crippen LogP contribution is 2.42. The van der Waals surface area contributed by atoms with Crippen molar-refractivity contribution in [1.82, 2.24) is 19.5 Å². The molecule has 39 heavy (non-hydrogen) atoms. The van der Waals surface area contributed by atoms with E-state index in [0.717, 1.165) is 38.0 Å². The van der Waals surface area contributed by atoms with E-state index in [1.54, 1.807) is 13.3 Å². The van der Waals surface area contributed by atoms with Crippen LogP contribution in [0.2, 0.25) is 0 Å². The molecule has 0 aliphatic rings. The lowest BCUT2D eigenvalue weighted by atomic mass is 10.1. The highest BCUT2D eigenvalue weighted by atomic mass is 32.2. The van der Waals surface area contributed by atoms with Gasteiger partial charge in [0.2, 0.25) is 0 Å². The van der Waals surface area contributed by atoms with Gasteiger partial charge in [-0.25, -0.2) is 15.0 Å². The normalized spacial score (nSPS) is 10.0. The largest absolute Gasteiger partial charge is 0.396 e. The number of thiazole rings is 1. The molecule has 10 heteroatoms. The smallest absolute Gasteiger partial charge is 0.141 e. The topological polar surface area (TPSA) is 95.9 Å². The van der Waals surface area contributed by atoms with Gasteiger partial charge in [-0.2, -0.15) is 0 Å². The van der Waals surface area contributed by atoms with E-state index in [-0.39, 0.29) is 0 Å². The monoisotopic (exact) mass is 573 g/mol. The van der Waals surface area contributed by atoms with E-state index in [2.05, 4.69) is 76.4 Å². The minimum Gasteiger partial charge on any atom is -0.396 e. The van der Waals surface area contributed by atoms with E-state index < -0.39 is 10.8 Å². The van der Waals surface area contributed by atoms with Crippen molar-refractivity contribution in [2.75, 3.05) is 25.2 Å². The maximum Gasteiger partial charge on any atom is 0.141 e. The van der Waals surface area contributed by atoms with Crippen LogP contribution >= 0.6 is 22.7 Å². The molecular formula is C29H27N5O2S3. The van der Waals surface area contributed by atoms with Crippen LogP contribution in [0, 0.1) is 6.92 Å². The van der Waals surface area contributed by atoms with E-state index >= 15 is 0 Å². The molecule has 4 heterocycles. The molecular weight excluding hydrogens is 547 g/mol. The van der Waals surface area contributed by atoms with E-state index in [0.29, 0.717) is 22.3 Å². The van der Waals surface area contributed by atoms with Gasteiger partial charge in [-0.1, -0.05) is 22.9 Å². The number of aromatic nitrogens is 4. The number of fused-ring (bicyclic) bond motifs is 1. The number of anilines is 1.